The predicted octanol–water partition coefficient (Wildman–Crippen LogP) is 3.58. The first-order valence-corrected chi connectivity index (χ1v) is 12.2. The lowest BCUT2D eigenvalue weighted by Gasteiger charge is -2.34. The van der Waals surface area contributed by atoms with Crippen LogP contribution in [-0.2, 0) is 21.4 Å². The van der Waals surface area contributed by atoms with E-state index in [0.717, 1.165) is 12.0 Å². The van der Waals surface area contributed by atoms with Crippen LogP contribution in [-0.4, -0.2) is 49.6 Å². The number of rotatable bonds is 6. The smallest absolute Gasteiger partial charge is 0.255 e. The Morgan fingerprint density at radius 2 is 1.72 bits per heavy atom. The Kier molecular flexibility index (Phi) is 7.36. The topological polar surface area (TPSA) is 86.8 Å². The lowest BCUT2D eigenvalue weighted by Crippen LogP contribution is -2.42. The van der Waals surface area contributed by atoms with E-state index in [1.807, 2.05) is 12.1 Å². The van der Waals surface area contributed by atoms with Crippen LogP contribution in [0.2, 0.25) is 0 Å². The zero-order chi connectivity index (χ0) is 23.5. The molecule has 0 aromatic heterocycles. The van der Waals surface area contributed by atoms with Crippen LogP contribution in [0.3, 0.4) is 0 Å². The summed E-state index contributed by atoms with van der Waals surface area (Å²) in [5.41, 5.74) is 1.63. The normalized spacial score (nSPS) is 19.4. The fourth-order valence-corrected chi connectivity index (χ4v) is 5.82. The number of nitrogens with one attached hydrogen (secondary N) is 1. The number of amides is 2. The molecule has 1 saturated heterocycles. The molecule has 0 saturated carbocycles. The standard InChI is InChI=1S/C24H31N3O4S/c1-17-12-18(2)15-27(14-17)32(30,31)22-10-7-9-20(13-22)24(29)25-23-11-6-5-8-21(23)16-26(4)19(3)28/h5-11,13,17-18H,12,14-16H2,1-4H3,(H,25,29). The van der Waals surface area contributed by atoms with Crippen molar-refractivity contribution in [2.24, 2.45) is 11.8 Å². The summed E-state index contributed by atoms with van der Waals surface area (Å²) in [5, 5.41) is 2.86. The molecule has 1 aliphatic heterocycles. The van der Waals surface area contributed by atoms with E-state index < -0.39 is 15.9 Å². The van der Waals surface area contributed by atoms with E-state index in [2.05, 4.69) is 19.2 Å². The number of hydrogen-bond acceptors (Lipinski definition) is 4. The molecule has 32 heavy (non-hydrogen) atoms. The maximum Gasteiger partial charge on any atom is 0.255 e. The van der Waals surface area contributed by atoms with Gasteiger partial charge >= 0.3 is 0 Å². The van der Waals surface area contributed by atoms with Crippen LogP contribution in [0.1, 0.15) is 43.1 Å². The van der Waals surface area contributed by atoms with Gasteiger partial charge in [0, 0.05) is 44.9 Å². The summed E-state index contributed by atoms with van der Waals surface area (Å²) in [4.78, 5) is 26.2. The number of nitrogens with zero attached hydrogens (tertiary/aromatic N) is 2. The molecule has 3 rings (SSSR count). The maximum absolute atomic E-state index is 13.2. The first-order valence-electron chi connectivity index (χ1n) is 10.8. The molecular weight excluding hydrogens is 426 g/mol. The monoisotopic (exact) mass is 457 g/mol. The molecular formula is C24H31N3O4S. The van der Waals surface area contributed by atoms with Gasteiger partial charge in [-0.25, -0.2) is 8.42 Å². The van der Waals surface area contributed by atoms with Crippen LogP contribution in [0.4, 0.5) is 5.69 Å². The molecule has 0 bridgehead atoms. The summed E-state index contributed by atoms with van der Waals surface area (Å²) in [5.74, 6) is 0.111. The van der Waals surface area contributed by atoms with E-state index in [1.165, 1.54) is 23.4 Å². The largest absolute Gasteiger partial charge is 0.342 e. The van der Waals surface area contributed by atoms with Crippen LogP contribution < -0.4 is 5.32 Å². The minimum absolute atomic E-state index is 0.0783. The third-order valence-corrected chi connectivity index (χ3v) is 7.61. The van der Waals surface area contributed by atoms with E-state index >= 15 is 0 Å². The summed E-state index contributed by atoms with van der Waals surface area (Å²) in [7, 11) is -1.99. The molecule has 1 N–H and O–H groups in total. The zero-order valence-corrected chi connectivity index (χ0v) is 19.9. The summed E-state index contributed by atoms with van der Waals surface area (Å²) in [6.45, 7) is 6.93. The summed E-state index contributed by atoms with van der Waals surface area (Å²) >= 11 is 0. The second-order valence-electron chi connectivity index (χ2n) is 8.78. The minimum atomic E-state index is -3.68. The Balaban J connectivity index is 1.82. The molecule has 0 spiro atoms. The average molecular weight is 458 g/mol. The van der Waals surface area contributed by atoms with Crippen molar-refractivity contribution >= 4 is 27.5 Å². The van der Waals surface area contributed by atoms with Gasteiger partial charge in [0.1, 0.15) is 0 Å². The number of anilines is 1. The number of para-hydroxylation sites is 1. The van der Waals surface area contributed by atoms with Crippen molar-refractivity contribution in [1.29, 1.82) is 0 Å². The van der Waals surface area contributed by atoms with Gasteiger partial charge in [-0.2, -0.15) is 4.31 Å². The van der Waals surface area contributed by atoms with E-state index in [1.54, 1.807) is 36.2 Å². The number of piperidine rings is 1. The highest BCUT2D eigenvalue weighted by atomic mass is 32.2. The Morgan fingerprint density at radius 1 is 1.06 bits per heavy atom. The quantitative estimate of drug-likeness (QED) is 0.718. The molecule has 2 amide bonds. The van der Waals surface area contributed by atoms with Gasteiger partial charge in [-0.1, -0.05) is 38.1 Å². The van der Waals surface area contributed by atoms with Crippen molar-refractivity contribution < 1.29 is 18.0 Å². The van der Waals surface area contributed by atoms with Gasteiger partial charge in [-0.05, 0) is 48.1 Å². The van der Waals surface area contributed by atoms with Crippen LogP contribution in [0.15, 0.2) is 53.4 Å². The molecule has 1 aliphatic rings. The Bertz CT molecular complexity index is 1090. The van der Waals surface area contributed by atoms with Crippen molar-refractivity contribution in [3.05, 3.63) is 59.7 Å². The van der Waals surface area contributed by atoms with Gasteiger partial charge in [-0.15, -0.1) is 0 Å². The minimum Gasteiger partial charge on any atom is -0.342 e. The van der Waals surface area contributed by atoms with E-state index in [0.29, 0.717) is 37.2 Å². The molecule has 172 valence electrons. The predicted molar refractivity (Wildman–Crippen MR) is 125 cm³/mol. The molecule has 2 atom stereocenters. The third-order valence-electron chi connectivity index (χ3n) is 5.78. The Labute approximate surface area is 190 Å². The fraction of sp³-hybridized carbons (Fsp3) is 0.417. The molecule has 1 heterocycles. The SMILES string of the molecule is CC(=O)N(C)Cc1ccccc1NC(=O)c1cccc(S(=O)(=O)N2CC(C)CC(C)C2)c1. The number of carbonyl (C=O) groups is 2. The molecule has 7 nitrogen and oxygen atoms in total. The van der Waals surface area contributed by atoms with Gasteiger partial charge in [0.25, 0.3) is 5.91 Å². The maximum atomic E-state index is 13.2. The summed E-state index contributed by atoms with van der Waals surface area (Å²) in [6, 6.07) is 13.4. The van der Waals surface area contributed by atoms with E-state index in [9.17, 15) is 18.0 Å². The van der Waals surface area contributed by atoms with E-state index in [4.69, 9.17) is 0 Å². The first kappa shape index (κ1) is 23.9. The highest BCUT2D eigenvalue weighted by Crippen LogP contribution is 2.27. The molecule has 2 unspecified atom stereocenters. The van der Waals surface area contributed by atoms with E-state index in [-0.39, 0.29) is 16.4 Å². The Morgan fingerprint density at radius 3 is 2.38 bits per heavy atom. The molecule has 2 aromatic carbocycles. The number of benzene rings is 2. The summed E-state index contributed by atoms with van der Waals surface area (Å²) in [6.07, 6.45) is 1.01. The van der Waals surface area contributed by atoms with Crippen LogP contribution in [0.5, 0.6) is 0 Å². The highest BCUT2D eigenvalue weighted by Gasteiger charge is 2.32. The van der Waals surface area contributed by atoms with Crippen LogP contribution in [0, 0.1) is 11.8 Å². The number of sulfonamides is 1. The van der Waals surface area contributed by atoms with Gasteiger partial charge in [-0.3, -0.25) is 9.59 Å². The molecule has 8 heteroatoms. The second kappa shape index (κ2) is 9.83. The van der Waals surface area contributed by atoms with Crippen molar-refractivity contribution in [1.82, 2.24) is 9.21 Å². The number of carbonyl (C=O) groups excluding carboxylic acids is 2. The second-order valence-corrected chi connectivity index (χ2v) is 10.7. The zero-order valence-electron chi connectivity index (χ0n) is 19.0. The fourth-order valence-electron chi connectivity index (χ4n) is 4.09. The third kappa shape index (κ3) is 5.55. The molecule has 1 fully saturated rings. The van der Waals surface area contributed by atoms with Crippen molar-refractivity contribution in [2.75, 3.05) is 25.5 Å². The lowest BCUT2D eigenvalue weighted by atomic mass is 9.94. The first-order chi connectivity index (χ1) is 15.1. The highest BCUT2D eigenvalue weighted by molar-refractivity contribution is 7.89. The summed E-state index contributed by atoms with van der Waals surface area (Å²) < 4.78 is 27.9. The number of hydrogen-bond donors (Lipinski definition) is 1. The van der Waals surface area contributed by atoms with Crippen LogP contribution in [0.25, 0.3) is 0 Å². The Hall–Kier alpha value is -2.71. The lowest BCUT2D eigenvalue weighted by molar-refractivity contribution is -0.128. The van der Waals surface area contributed by atoms with Gasteiger partial charge in [0.15, 0.2) is 0 Å². The van der Waals surface area contributed by atoms with Crippen molar-refractivity contribution in [3.8, 4) is 0 Å². The van der Waals surface area contributed by atoms with Gasteiger partial charge < -0.3 is 10.2 Å². The average Bonchev–Trinajstić information content (AvgIpc) is 2.74. The van der Waals surface area contributed by atoms with Crippen molar-refractivity contribution in [2.45, 2.75) is 38.6 Å². The molecule has 2 aromatic rings. The van der Waals surface area contributed by atoms with Crippen LogP contribution >= 0.6 is 0 Å². The van der Waals surface area contributed by atoms with Gasteiger partial charge in [0.2, 0.25) is 15.9 Å². The molecule has 0 aliphatic carbocycles. The van der Waals surface area contributed by atoms with Crippen molar-refractivity contribution in [3.63, 3.8) is 0 Å². The van der Waals surface area contributed by atoms with Gasteiger partial charge in [0.05, 0.1) is 4.90 Å². The molecule has 0 radical (unpaired) electrons.